The zero-order valence-electron chi connectivity index (χ0n) is 10.8. The van der Waals surface area contributed by atoms with E-state index in [1.165, 1.54) is 0 Å². The van der Waals surface area contributed by atoms with E-state index in [0.717, 1.165) is 11.1 Å². The SMILES string of the molecule is O=C(O)[C@@H](Cc1ccccc1Cl)OCc1ccccc1. The van der Waals surface area contributed by atoms with Crippen LogP contribution in [0.15, 0.2) is 54.6 Å². The molecule has 0 heterocycles. The number of hydrogen-bond donors (Lipinski definition) is 1. The molecule has 0 unspecified atom stereocenters. The van der Waals surface area contributed by atoms with E-state index in [-0.39, 0.29) is 13.0 Å². The molecule has 0 radical (unpaired) electrons. The van der Waals surface area contributed by atoms with Crippen molar-refractivity contribution in [3.63, 3.8) is 0 Å². The lowest BCUT2D eigenvalue weighted by molar-refractivity contribution is -0.151. The molecule has 0 aliphatic heterocycles. The normalized spacial score (nSPS) is 12.1. The predicted molar refractivity (Wildman–Crippen MR) is 77.8 cm³/mol. The molecular formula is C16H15ClO3. The van der Waals surface area contributed by atoms with Gasteiger partial charge in [0.25, 0.3) is 0 Å². The summed E-state index contributed by atoms with van der Waals surface area (Å²) in [5, 5.41) is 9.79. The monoisotopic (exact) mass is 290 g/mol. The van der Waals surface area contributed by atoms with Crippen LogP contribution in [-0.4, -0.2) is 17.2 Å². The molecule has 0 saturated heterocycles. The summed E-state index contributed by atoms with van der Waals surface area (Å²) >= 11 is 6.04. The van der Waals surface area contributed by atoms with E-state index in [9.17, 15) is 9.90 Å². The number of rotatable bonds is 6. The number of benzene rings is 2. The van der Waals surface area contributed by atoms with Gasteiger partial charge in [-0.25, -0.2) is 4.79 Å². The highest BCUT2D eigenvalue weighted by Gasteiger charge is 2.19. The molecule has 104 valence electrons. The summed E-state index contributed by atoms with van der Waals surface area (Å²) in [6.45, 7) is 0.266. The first-order valence-corrected chi connectivity index (χ1v) is 6.66. The van der Waals surface area contributed by atoms with Crippen molar-refractivity contribution in [3.8, 4) is 0 Å². The molecule has 0 bridgehead atoms. The van der Waals surface area contributed by atoms with Crippen LogP contribution in [0.1, 0.15) is 11.1 Å². The molecule has 0 aromatic heterocycles. The third-order valence-electron chi connectivity index (χ3n) is 2.93. The predicted octanol–water partition coefficient (Wildman–Crippen LogP) is 3.55. The third-order valence-corrected chi connectivity index (χ3v) is 3.30. The molecule has 0 saturated carbocycles. The van der Waals surface area contributed by atoms with Gasteiger partial charge in [0.05, 0.1) is 6.61 Å². The van der Waals surface area contributed by atoms with Crippen molar-refractivity contribution in [1.29, 1.82) is 0 Å². The molecule has 2 rings (SSSR count). The maximum Gasteiger partial charge on any atom is 0.333 e. The minimum absolute atomic E-state index is 0.252. The van der Waals surface area contributed by atoms with Crippen molar-refractivity contribution in [3.05, 3.63) is 70.7 Å². The fourth-order valence-corrected chi connectivity index (χ4v) is 2.07. The third kappa shape index (κ3) is 4.08. The Bertz CT molecular complexity index is 569. The summed E-state index contributed by atoms with van der Waals surface area (Å²) in [5.41, 5.74) is 1.72. The molecule has 0 fully saturated rings. The van der Waals surface area contributed by atoms with Crippen molar-refractivity contribution in [1.82, 2.24) is 0 Å². The van der Waals surface area contributed by atoms with Gasteiger partial charge in [-0.2, -0.15) is 0 Å². The molecule has 0 aliphatic rings. The van der Waals surface area contributed by atoms with E-state index >= 15 is 0 Å². The van der Waals surface area contributed by atoms with Gasteiger partial charge in [0, 0.05) is 11.4 Å². The summed E-state index contributed by atoms with van der Waals surface area (Å²) in [6, 6.07) is 16.7. The molecule has 20 heavy (non-hydrogen) atoms. The fourth-order valence-electron chi connectivity index (χ4n) is 1.85. The molecule has 0 spiro atoms. The summed E-state index contributed by atoms with van der Waals surface area (Å²) < 4.78 is 5.49. The van der Waals surface area contributed by atoms with Gasteiger partial charge in [-0.3, -0.25) is 0 Å². The maximum atomic E-state index is 11.3. The van der Waals surface area contributed by atoms with Gasteiger partial charge in [0.15, 0.2) is 6.10 Å². The molecule has 0 amide bonds. The highest BCUT2D eigenvalue weighted by molar-refractivity contribution is 6.31. The van der Waals surface area contributed by atoms with E-state index in [1.54, 1.807) is 6.07 Å². The summed E-state index contributed by atoms with van der Waals surface area (Å²) in [7, 11) is 0. The van der Waals surface area contributed by atoms with Crippen LogP contribution in [0.2, 0.25) is 5.02 Å². The number of aliphatic carboxylic acids is 1. The van der Waals surface area contributed by atoms with E-state index in [0.29, 0.717) is 5.02 Å². The molecule has 1 atom stereocenters. The van der Waals surface area contributed by atoms with Crippen LogP contribution < -0.4 is 0 Å². The van der Waals surface area contributed by atoms with Gasteiger partial charge in [0.1, 0.15) is 0 Å². The lowest BCUT2D eigenvalue weighted by atomic mass is 10.1. The maximum absolute atomic E-state index is 11.3. The van der Waals surface area contributed by atoms with E-state index in [1.807, 2.05) is 48.5 Å². The molecule has 0 aliphatic carbocycles. The quantitative estimate of drug-likeness (QED) is 0.885. The van der Waals surface area contributed by atoms with E-state index in [4.69, 9.17) is 16.3 Å². The van der Waals surface area contributed by atoms with Crippen LogP contribution in [0.25, 0.3) is 0 Å². The second kappa shape index (κ2) is 7.08. The Balaban J connectivity index is 2.01. The highest BCUT2D eigenvalue weighted by Crippen LogP contribution is 2.18. The van der Waals surface area contributed by atoms with Gasteiger partial charge >= 0.3 is 5.97 Å². The average Bonchev–Trinajstić information content (AvgIpc) is 2.46. The minimum Gasteiger partial charge on any atom is -0.479 e. The van der Waals surface area contributed by atoms with Crippen LogP contribution in [0, 0.1) is 0 Å². The molecule has 2 aromatic rings. The zero-order valence-corrected chi connectivity index (χ0v) is 11.6. The smallest absolute Gasteiger partial charge is 0.333 e. The zero-order chi connectivity index (χ0) is 14.4. The van der Waals surface area contributed by atoms with Crippen molar-refractivity contribution in [2.45, 2.75) is 19.1 Å². The van der Waals surface area contributed by atoms with Gasteiger partial charge in [-0.1, -0.05) is 60.1 Å². The van der Waals surface area contributed by atoms with Gasteiger partial charge in [0.2, 0.25) is 0 Å². The standard InChI is InChI=1S/C16H15ClO3/c17-14-9-5-4-8-13(14)10-15(16(18)19)20-11-12-6-2-1-3-7-12/h1-9,15H,10-11H2,(H,18,19)/t15-/m1/s1. The largest absolute Gasteiger partial charge is 0.479 e. The number of hydrogen-bond acceptors (Lipinski definition) is 2. The van der Waals surface area contributed by atoms with Crippen LogP contribution in [0.3, 0.4) is 0 Å². The first-order chi connectivity index (χ1) is 9.66. The highest BCUT2D eigenvalue weighted by atomic mass is 35.5. The van der Waals surface area contributed by atoms with Crippen molar-refractivity contribution in [2.24, 2.45) is 0 Å². The van der Waals surface area contributed by atoms with E-state index in [2.05, 4.69) is 0 Å². The van der Waals surface area contributed by atoms with Crippen LogP contribution in [0.4, 0.5) is 0 Å². The summed E-state index contributed by atoms with van der Waals surface area (Å²) in [5.74, 6) is -0.985. The van der Waals surface area contributed by atoms with E-state index < -0.39 is 12.1 Å². The van der Waals surface area contributed by atoms with Gasteiger partial charge < -0.3 is 9.84 Å². The first-order valence-electron chi connectivity index (χ1n) is 6.28. The second-order valence-electron chi connectivity index (χ2n) is 4.42. The van der Waals surface area contributed by atoms with Crippen LogP contribution in [0.5, 0.6) is 0 Å². The second-order valence-corrected chi connectivity index (χ2v) is 4.83. The Morgan fingerprint density at radius 2 is 1.75 bits per heavy atom. The lowest BCUT2D eigenvalue weighted by Gasteiger charge is -2.14. The topological polar surface area (TPSA) is 46.5 Å². The molecule has 3 nitrogen and oxygen atoms in total. The lowest BCUT2D eigenvalue weighted by Crippen LogP contribution is -2.26. The molecular weight excluding hydrogens is 276 g/mol. The number of carboxylic acid groups (broad SMARTS) is 1. The number of carbonyl (C=O) groups is 1. The Morgan fingerprint density at radius 1 is 1.10 bits per heavy atom. The number of ether oxygens (including phenoxy) is 1. The number of carboxylic acids is 1. The Morgan fingerprint density at radius 3 is 2.40 bits per heavy atom. The van der Waals surface area contributed by atoms with Crippen molar-refractivity contribution >= 4 is 17.6 Å². The molecule has 2 aromatic carbocycles. The Labute approximate surface area is 122 Å². The van der Waals surface area contributed by atoms with Crippen LogP contribution >= 0.6 is 11.6 Å². The number of halogens is 1. The first kappa shape index (κ1) is 14.6. The molecule has 4 heteroatoms. The summed E-state index contributed by atoms with van der Waals surface area (Å²) in [6.07, 6.45) is -0.655. The van der Waals surface area contributed by atoms with Gasteiger partial charge in [-0.15, -0.1) is 0 Å². The fraction of sp³-hybridized carbons (Fsp3) is 0.188. The average molecular weight is 291 g/mol. The minimum atomic E-state index is -0.985. The summed E-state index contributed by atoms with van der Waals surface area (Å²) in [4.78, 5) is 11.3. The molecule has 1 N–H and O–H groups in total. The Hall–Kier alpha value is -1.84. The Kier molecular flexibility index (Phi) is 5.16. The van der Waals surface area contributed by atoms with Crippen LogP contribution in [-0.2, 0) is 22.6 Å². The van der Waals surface area contributed by atoms with Crippen molar-refractivity contribution < 1.29 is 14.6 Å². The van der Waals surface area contributed by atoms with Gasteiger partial charge in [-0.05, 0) is 17.2 Å². The van der Waals surface area contributed by atoms with Crippen molar-refractivity contribution in [2.75, 3.05) is 0 Å².